The molecular formula is C23H21N5O. The Bertz CT molecular complexity index is 1180. The SMILES string of the molecule is O=C(NCc1ccc(-c2ncnc3[nH]ccc23)cc1)c1ccc2c(n1)CCCC2. The molecule has 0 saturated heterocycles. The van der Waals surface area contributed by atoms with Gasteiger partial charge in [0.2, 0.25) is 0 Å². The van der Waals surface area contributed by atoms with Gasteiger partial charge < -0.3 is 10.3 Å². The number of H-pyrrole nitrogens is 1. The highest BCUT2D eigenvalue weighted by atomic mass is 16.1. The molecule has 1 aliphatic rings. The third kappa shape index (κ3) is 3.49. The third-order valence-corrected chi connectivity index (χ3v) is 5.45. The highest BCUT2D eigenvalue weighted by Crippen LogP contribution is 2.25. The predicted molar refractivity (Wildman–Crippen MR) is 111 cm³/mol. The first kappa shape index (κ1) is 17.6. The number of rotatable bonds is 4. The van der Waals surface area contributed by atoms with E-state index >= 15 is 0 Å². The van der Waals surface area contributed by atoms with Crippen molar-refractivity contribution in [1.82, 2.24) is 25.3 Å². The van der Waals surface area contributed by atoms with E-state index in [1.54, 1.807) is 6.33 Å². The smallest absolute Gasteiger partial charge is 0.270 e. The molecule has 6 nitrogen and oxygen atoms in total. The molecule has 4 aromatic rings. The van der Waals surface area contributed by atoms with Crippen LogP contribution in [0.4, 0.5) is 0 Å². The summed E-state index contributed by atoms with van der Waals surface area (Å²) in [4.78, 5) is 28.8. The van der Waals surface area contributed by atoms with Crippen molar-refractivity contribution in [2.75, 3.05) is 0 Å². The number of aryl methyl sites for hydroxylation is 2. The van der Waals surface area contributed by atoms with Gasteiger partial charge in [0, 0.05) is 29.4 Å². The van der Waals surface area contributed by atoms with Crippen LogP contribution in [0, 0.1) is 0 Å². The number of fused-ring (bicyclic) bond motifs is 2. The Morgan fingerprint density at radius 2 is 1.86 bits per heavy atom. The summed E-state index contributed by atoms with van der Waals surface area (Å²) in [6, 6.07) is 13.9. The van der Waals surface area contributed by atoms with Crippen molar-refractivity contribution in [3.8, 4) is 11.3 Å². The Kier molecular flexibility index (Phi) is 4.52. The molecule has 0 radical (unpaired) electrons. The van der Waals surface area contributed by atoms with Crippen LogP contribution in [0.3, 0.4) is 0 Å². The second-order valence-electron chi connectivity index (χ2n) is 7.35. The van der Waals surface area contributed by atoms with Gasteiger partial charge in [0.1, 0.15) is 17.7 Å². The number of carbonyl (C=O) groups excluding carboxylic acids is 1. The van der Waals surface area contributed by atoms with Gasteiger partial charge in [0.25, 0.3) is 5.91 Å². The molecule has 3 aromatic heterocycles. The fourth-order valence-electron chi connectivity index (χ4n) is 3.86. The summed E-state index contributed by atoms with van der Waals surface area (Å²) in [7, 11) is 0. The summed E-state index contributed by atoms with van der Waals surface area (Å²) >= 11 is 0. The lowest BCUT2D eigenvalue weighted by molar-refractivity contribution is 0.0945. The molecule has 0 saturated carbocycles. The number of hydrogen-bond acceptors (Lipinski definition) is 4. The van der Waals surface area contributed by atoms with Crippen molar-refractivity contribution in [3.63, 3.8) is 0 Å². The van der Waals surface area contributed by atoms with Crippen LogP contribution in [0.5, 0.6) is 0 Å². The van der Waals surface area contributed by atoms with Gasteiger partial charge in [-0.3, -0.25) is 4.79 Å². The molecule has 29 heavy (non-hydrogen) atoms. The zero-order chi connectivity index (χ0) is 19.6. The van der Waals surface area contributed by atoms with Gasteiger partial charge in [0.15, 0.2) is 0 Å². The van der Waals surface area contributed by atoms with Gasteiger partial charge in [-0.15, -0.1) is 0 Å². The minimum Gasteiger partial charge on any atom is -0.347 e. The monoisotopic (exact) mass is 383 g/mol. The molecule has 0 aliphatic heterocycles. The molecule has 1 aromatic carbocycles. The second kappa shape index (κ2) is 7.47. The molecule has 1 aliphatic carbocycles. The summed E-state index contributed by atoms with van der Waals surface area (Å²) in [5.41, 5.74) is 6.62. The summed E-state index contributed by atoms with van der Waals surface area (Å²) in [6.07, 6.45) is 7.82. The second-order valence-corrected chi connectivity index (χ2v) is 7.35. The summed E-state index contributed by atoms with van der Waals surface area (Å²) < 4.78 is 0. The molecule has 5 rings (SSSR count). The van der Waals surface area contributed by atoms with E-state index in [1.165, 1.54) is 12.0 Å². The predicted octanol–water partition coefficient (Wildman–Crippen LogP) is 3.83. The molecule has 144 valence electrons. The van der Waals surface area contributed by atoms with Gasteiger partial charge >= 0.3 is 0 Å². The zero-order valence-corrected chi connectivity index (χ0v) is 16.0. The Hall–Kier alpha value is -3.54. The van der Waals surface area contributed by atoms with Crippen molar-refractivity contribution in [2.24, 2.45) is 0 Å². The van der Waals surface area contributed by atoms with Crippen LogP contribution in [0.1, 0.15) is 40.2 Å². The topological polar surface area (TPSA) is 83.6 Å². The number of hydrogen-bond donors (Lipinski definition) is 2. The van der Waals surface area contributed by atoms with Crippen molar-refractivity contribution in [2.45, 2.75) is 32.2 Å². The third-order valence-electron chi connectivity index (χ3n) is 5.45. The fourth-order valence-corrected chi connectivity index (χ4v) is 3.86. The number of aromatic nitrogens is 4. The van der Waals surface area contributed by atoms with Crippen LogP contribution in [-0.2, 0) is 19.4 Å². The van der Waals surface area contributed by atoms with Crippen LogP contribution in [0.15, 0.2) is 55.0 Å². The lowest BCUT2D eigenvalue weighted by Crippen LogP contribution is -2.24. The number of amides is 1. The maximum Gasteiger partial charge on any atom is 0.270 e. The van der Waals surface area contributed by atoms with Crippen molar-refractivity contribution < 1.29 is 4.79 Å². The molecular weight excluding hydrogens is 362 g/mol. The lowest BCUT2D eigenvalue weighted by atomic mass is 9.96. The minimum absolute atomic E-state index is 0.132. The number of nitrogens with zero attached hydrogens (tertiary/aromatic N) is 3. The van der Waals surface area contributed by atoms with E-state index in [1.807, 2.05) is 42.6 Å². The molecule has 0 fully saturated rings. The first-order chi connectivity index (χ1) is 14.3. The molecule has 1 amide bonds. The van der Waals surface area contributed by atoms with Gasteiger partial charge in [-0.05, 0) is 48.9 Å². The quantitative estimate of drug-likeness (QED) is 0.561. The van der Waals surface area contributed by atoms with Crippen molar-refractivity contribution >= 4 is 16.9 Å². The number of benzene rings is 1. The Morgan fingerprint density at radius 3 is 2.76 bits per heavy atom. The van der Waals surface area contributed by atoms with E-state index in [0.29, 0.717) is 12.2 Å². The standard InChI is InChI=1S/C23H21N5O/c29-23(20-10-9-16-3-1-2-4-19(16)28-20)25-13-15-5-7-17(8-6-15)21-18-11-12-24-22(18)27-14-26-21/h5-12,14H,1-4,13H2,(H,25,29)(H,24,26,27). The normalized spacial score (nSPS) is 13.2. The average Bonchev–Trinajstić information content (AvgIpc) is 3.26. The Labute approximate surface area is 168 Å². The Morgan fingerprint density at radius 1 is 1.00 bits per heavy atom. The molecule has 3 heterocycles. The molecule has 0 bridgehead atoms. The highest BCUT2D eigenvalue weighted by Gasteiger charge is 2.14. The van der Waals surface area contributed by atoms with Crippen LogP contribution in [-0.4, -0.2) is 25.8 Å². The molecule has 0 spiro atoms. The highest BCUT2D eigenvalue weighted by molar-refractivity contribution is 5.92. The van der Waals surface area contributed by atoms with E-state index in [-0.39, 0.29) is 5.91 Å². The number of nitrogens with one attached hydrogen (secondary N) is 2. The van der Waals surface area contributed by atoms with Crippen LogP contribution in [0.2, 0.25) is 0 Å². The first-order valence-corrected chi connectivity index (χ1v) is 9.92. The molecule has 0 unspecified atom stereocenters. The molecule has 2 N–H and O–H groups in total. The minimum atomic E-state index is -0.132. The van der Waals surface area contributed by atoms with Crippen LogP contribution >= 0.6 is 0 Å². The van der Waals surface area contributed by atoms with E-state index in [0.717, 1.165) is 52.8 Å². The van der Waals surface area contributed by atoms with Crippen LogP contribution in [0.25, 0.3) is 22.3 Å². The maximum absolute atomic E-state index is 12.5. The summed E-state index contributed by atoms with van der Waals surface area (Å²) in [5.74, 6) is -0.132. The van der Waals surface area contributed by atoms with E-state index in [4.69, 9.17) is 0 Å². The molecule has 0 atom stereocenters. The maximum atomic E-state index is 12.5. The van der Waals surface area contributed by atoms with Gasteiger partial charge in [0.05, 0.1) is 5.69 Å². The van der Waals surface area contributed by atoms with Gasteiger partial charge in [-0.2, -0.15) is 0 Å². The van der Waals surface area contributed by atoms with Crippen molar-refractivity contribution in [1.29, 1.82) is 0 Å². The largest absolute Gasteiger partial charge is 0.347 e. The van der Waals surface area contributed by atoms with E-state index in [2.05, 4.69) is 31.3 Å². The van der Waals surface area contributed by atoms with Crippen molar-refractivity contribution in [3.05, 3.63) is 77.5 Å². The van der Waals surface area contributed by atoms with Crippen LogP contribution < -0.4 is 5.32 Å². The van der Waals surface area contributed by atoms with E-state index in [9.17, 15) is 4.79 Å². The van der Waals surface area contributed by atoms with E-state index < -0.39 is 0 Å². The molecule has 6 heteroatoms. The Balaban J connectivity index is 1.28. The fraction of sp³-hybridized carbons (Fsp3) is 0.217. The zero-order valence-electron chi connectivity index (χ0n) is 16.0. The average molecular weight is 383 g/mol. The number of carbonyl (C=O) groups is 1. The first-order valence-electron chi connectivity index (χ1n) is 9.92. The lowest BCUT2D eigenvalue weighted by Gasteiger charge is -2.15. The number of aromatic amines is 1. The number of pyridine rings is 1. The van der Waals surface area contributed by atoms with Gasteiger partial charge in [-0.25, -0.2) is 15.0 Å². The summed E-state index contributed by atoms with van der Waals surface area (Å²) in [6.45, 7) is 0.460. The van der Waals surface area contributed by atoms with Gasteiger partial charge in [-0.1, -0.05) is 30.3 Å². The summed E-state index contributed by atoms with van der Waals surface area (Å²) in [5, 5.41) is 3.97.